The zero-order valence-electron chi connectivity index (χ0n) is 15.2. The molecule has 27 heavy (non-hydrogen) atoms. The molecule has 144 valence electrons. The molecule has 3 rings (SSSR count). The monoisotopic (exact) mass is 391 g/mol. The number of esters is 1. The highest BCUT2D eigenvalue weighted by atomic mass is 32.2. The van der Waals surface area contributed by atoms with E-state index in [9.17, 15) is 13.2 Å². The van der Waals surface area contributed by atoms with Crippen molar-refractivity contribution in [2.45, 2.75) is 11.8 Å². The van der Waals surface area contributed by atoms with Gasteiger partial charge in [-0.1, -0.05) is 12.1 Å². The van der Waals surface area contributed by atoms with Gasteiger partial charge >= 0.3 is 5.97 Å². The van der Waals surface area contributed by atoms with Crippen LogP contribution in [0.3, 0.4) is 0 Å². The second kappa shape index (κ2) is 8.08. The van der Waals surface area contributed by atoms with Crippen LogP contribution in [-0.2, 0) is 14.8 Å². The first-order valence-corrected chi connectivity index (χ1v) is 9.90. The van der Waals surface area contributed by atoms with Crippen molar-refractivity contribution in [2.24, 2.45) is 0 Å². The maximum Gasteiger partial charge on any atom is 0.343 e. The molecule has 0 bridgehead atoms. The van der Waals surface area contributed by atoms with E-state index in [-0.39, 0.29) is 29.3 Å². The smallest absolute Gasteiger partial charge is 0.343 e. The first-order chi connectivity index (χ1) is 12.9. The van der Waals surface area contributed by atoms with Crippen molar-refractivity contribution in [3.8, 4) is 11.5 Å². The Morgan fingerprint density at radius 3 is 2.52 bits per heavy atom. The van der Waals surface area contributed by atoms with Gasteiger partial charge in [-0.05, 0) is 42.8 Å². The van der Waals surface area contributed by atoms with Gasteiger partial charge in [-0.15, -0.1) is 0 Å². The van der Waals surface area contributed by atoms with Gasteiger partial charge < -0.3 is 14.2 Å². The molecule has 1 heterocycles. The van der Waals surface area contributed by atoms with Gasteiger partial charge in [0.15, 0.2) is 11.5 Å². The molecule has 1 fully saturated rings. The molecule has 2 aromatic carbocycles. The largest absolute Gasteiger partial charge is 0.493 e. The number of carbonyl (C=O) groups excluding carboxylic acids is 1. The van der Waals surface area contributed by atoms with E-state index in [0.29, 0.717) is 19.0 Å². The zero-order chi connectivity index (χ0) is 19.4. The van der Waals surface area contributed by atoms with E-state index >= 15 is 0 Å². The number of nitrogens with zero attached hydrogens (tertiary/aromatic N) is 1. The molecule has 1 saturated heterocycles. The second-order valence-corrected chi connectivity index (χ2v) is 8.03. The Bertz CT molecular complexity index is 935. The molecule has 2 aromatic rings. The number of sulfonamides is 1. The minimum Gasteiger partial charge on any atom is -0.493 e. The van der Waals surface area contributed by atoms with Crippen molar-refractivity contribution in [1.82, 2.24) is 4.31 Å². The van der Waals surface area contributed by atoms with Crippen LogP contribution < -0.4 is 9.47 Å². The van der Waals surface area contributed by atoms with Gasteiger partial charge in [0.1, 0.15) is 0 Å². The van der Waals surface area contributed by atoms with Gasteiger partial charge in [-0.2, -0.15) is 4.31 Å². The number of hydrogen-bond donors (Lipinski definition) is 0. The number of methoxy groups -OCH3 is 1. The number of rotatable bonds is 5. The third kappa shape index (κ3) is 4.29. The summed E-state index contributed by atoms with van der Waals surface area (Å²) in [7, 11) is -2.20. The molecule has 0 aliphatic carbocycles. The lowest BCUT2D eigenvalue weighted by atomic mass is 10.2. The lowest BCUT2D eigenvalue weighted by molar-refractivity contribution is 0.0725. The molecule has 0 aromatic heterocycles. The lowest BCUT2D eigenvalue weighted by Crippen LogP contribution is -2.40. The van der Waals surface area contributed by atoms with Crippen molar-refractivity contribution < 1.29 is 27.4 Å². The van der Waals surface area contributed by atoms with E-state index < -0.39 is 16.0 Å². The molecule has 0 saturated carbocycles. The second-order valence-electron chi connectivity index (χ2n) is 6.09. The minimum absolute atomic E-state index is 0.0507. The van der Waals surface area contributed by atoms with Gasteiger partial charge in [-0.3, -0.25) is 0 Å². The average Bonchev–Trinajstić information content (AvgIpc) is 2.70. The van der Waals surface area contributed by atoms with E-state index in [4.69, 9.17) is 14.2 Å². The molecule has 0 N–H and O–H groups in total. The molecule has 1 aliphatic heterocycles. The fourth-order valence-electron chi connectivity index (χ4n) is 2.74. The normalized spacial score (nSPS) is 15.3. The summed E-state index contributed by atoms with van der Waals surface area (Å²) >= 11 is 0. The predicted molar refractivity (Wildman–Crippen MR) is 98.7 cm³/mol. The van der Waals surface area contributed by atoms with Crippen LogP contribution in [0.2, 0.25) is 0 Å². The number of ether oxygens (including phenoxy) is 3. The van der Waals surface area contributed by atoms with Crippen LogP contribution in [0.25, 0.3) is 0 Å². The predicted octanol–water partition coefficient (Wildman–Crippen LogP) is 2.24. The quantitative estimate of drug-likeness (QED) is 0.574. The summed E-state index contributed by atoms with van der Waals surface area (Å²) in [5.74, 6) is 0.0474. The van der Waals surface area contributed by atoms with Gasteiger partial charge in [0.25, 0.3) is 0 Å². The van der Waals surface area contributed by atoms with Crippen molar-refractivity contribution in [2.75, 3.05) is 33.4 Å². The maximum atomic E-state index is 12.8. The number of hydrogen-bond acceptors (Lipinski definition) is 6. The summed E-state index contributed by atoms with van der Waals surface area (Å²) in [5, 5.41) is 0. The van der Waals surface area contributed by atoms with Crippen molar-refractivity contribution >= 4 is 16.0 Å². The molecule has 7 nitrogen and oxygen atoms in total. The molecular weight excluding hydrogens is 370 g/mol. The Labute approximate surface area is 158 Å². The van der Waals surface area contributed by atoms with Crippen LogP contribution in [0.15, 0.2) is 47.4 Å². The molecule has 0 amide bonds. The fourth-order valence-corrected chi connectivity index (χ4v) is 4.19. The molecule has 1 aliphatic rings. The molecule has 0 unspecified atom stereocenters. The minimum atomic E-state index is -3.69. The molecular formula is C19H21NO6S. The average molecular weight is 391 g/mol. The third-order valence-corrected chi connectivity index (χ3v) is 6.09. The van der Waals surface area contributed by atoms with Crippen LogP contribution in [0.1, 0.15) is 15.9 Å². The molecule has 0 radical (unpaired) electrons. The standard InChI is InChI=1S/C19H21NO6S/c1-14-6-7-17(18(12-14)24-2)26-19(21)15-4-3-5-16(13-15)27(22,23)20-8-10-25-11-9-20/h3-7,12-13H,8-11H2,1-2H3. The van der Waals surface area contributed by atoms with Crippen molar-refractivity contribution in [3.63, 3.8) is 0 Å². The molecule has 8 heteroatoms. The fraction of sp³-hybridized carbons (Fsp3) is 0.316. The molecule has 0 atom stereocenters. The van der Waals surface area contributed by atoms with Crippen molar-refractivity contribution in [3.05, 3.63) is 53.6 Å². The number of benzene rings is 2. The number of carbonyl (C=O) groups is 1. The van der Waals surface area contributed by atoms with Crippen LogP contribution in [-0.4, -0.2) is 52.1 Å². The first-order valence-electron chi connectivity index (χ1n) is 8.46. The Balaban J connectivity index is 1.84. The first kappa shape index (κ1) is 19.3. The van der Waals surface area contributed by atoms with Crippen molar-refractivity contribution in [1.29, 1.82) is 0 Å². The summed E-state index contributed by atoms with van der Waals surface area (Å²) in [6, 6.07) is 11.0. The summed E-state index contributed by atoms with van der Waals surface area (Å²) in [4.78, 5) is 12.6. The Hall–Kier alpha value is -2.42. The zero-order valence-corrected chi connectivity index (χ0v) is 16.0. The topological polar surface area (TPSA) is 82.1 Å². The third-order valence-electron chi connectivity index (χ3n) is 4.20. The Kier molecular flexibility index (Phi) is 5.79. The Morgan fingerprint density at radius 1 is 1.07 bits per heavy atom. The van der Waals surface area contributed by atoms with E-state index in [0.717, 1.165) is 5.56 Å². The van der Waals surface area contributed by atoms with Crippen LogP contribution >= 0.6 is 0 Å². The summed E-state index contributed by atoms with van der Waals surface area (Å²) in [6.45, 7) is 3.19. The maximum absolute atomic E-state index is 12.8. The lowest BCUT2D eigenvalue weighted by Gasteiger charge is -2.26. The highest BCUT2D eigenvalue weighted by Gasteiger charge is 2.27. The summed E-state index contributed by atoms with van der Waals surface area (Å²) < 4.78 is 42.7. The number of morpholine rings is 1. The van der Waals surface area contributed by atoms with Gasteiger partial charge in [-0.25, -0.2) is 13.2 Å². The van der Waals surface area contributed by atoms with E-state index in [1.54, 1.807) is 18.2 Å². The van der Waals surface area contributed by atoms with Crippen LogP contribution in [0.4, 0.5) is 0 Å². The van der Waals surface area contributed by atoms with E-state index in [2.05, 4.69) is 0 Å². The molecule has 0 spiro atoms. The summed E-state index contributed by atoms with van der Waals surface area (Å²) in [6.07, 6.45) is 0. The highest BCUT2D eigenvalue weighted by molar-refractivity contribution is 7.89. The summed E-state index contributed by atoms with van der Waals surface area (Å²) in [5.41, 5.74) is 1.11. The van der Waals surface area contributed by atoms with Gasteiger partial charge in [0, 0.05) is 13.1 Å². The van der Waals surface area contributed by atoms with Crippen LogP contribution in [0, 0.1) is 6.92 Å². The SMILES string of the molecule is COc1cc(C)ccc1OC(=O)c1cccc(S(=O)(=O)N2CCOCC2)c1. The van der Waals surface area contributed by atoms with Gasteiger partial charge in [0.05, 0.1) is 30.8 Å². The number of aryl methyl sites for hydroxylation is 1. The van der Waals surface area contributed by atoms with Gasteiger partial charge in [0.2, 0.25) is 10.0 Å². The van der Waals surface area contributed by atoms with Crippen LogP contribution in [0.5, 0.6) is 11.5 Å². The van der Waals surface area contributed by atoms with E-state index in [1.807, 2.05) is 6.92 Å². The Morgan fingerprint density at radius 2 is 1.81 bits per heavy atom. The highest BCUT2D eigenvalue weighted by Crippen LogP contribution is 2.29. The van der Waals surface area contributed by atoms with E-state index in [1.165, 1.54) is 35.7 Å².